The summed E-state index contributed by atoms with van der Waals surface area (Å²) in [5.41, 5.74) is 6.91. The second-order valence-electron chi connectivity index (χ2n) is 7.57. The number of ether oxygens (including phenoxy) is 3. The number of pyridine rings is 1. The average Bonchev–Trinajstić information content (AvgIpc) is 2.91. The Balaban J connectivity index is 1.22. The van der Waals surface area contributed by atoms with Gasteiger partial charge in [-0.15, -0.1) is 0 Å². The zero-order chi connectivity index (χ0) is 24.5. The molecule has 0 bridgehead atoms. The van der Waals surface area contributed by atoms with E-state index in [1.165, 1.54) is 0 Å². The molecule has 0 aliphatic heterocycles. The number of carbonyl (C=O) groups is 2. The summed E-state index contributed by atoms with van der Waals surface area (Å²) in [7, 11) is 1.55. The van der Waals surface area contributed by atoms with Crippen molar-refractivity contribution in [2.24, 2.45) is 0 Å². The molecule has 8 heteroatoms. The van der Waals surface area contributed by atoms with Crippen LogP contribution in [0, 0.1) is 0 Å². The average molecular weight is 472 g/mol. The Bertz CT molecular complexity index is 1300. The molecule has 0 unspecified atom stereocenters. The van der Waals surface area contributed by atoms with E-state index in [-0.39, 0.29) is 18.9 Å². The largest absolute Gasteiger partial charge is 0.493 e. The molecule has 0 radical (unpaired) electrons. The molecule has 0 atom stereocenters. The SMILES string of the molecule is COc1ccccc1OCCC(=O)NNC(=O)c1ccc(COc2cccc3cccnc23)cc1. The topological polar surface area (TPSA) is 98.8 Å². The van der Waals surface area contributed by atoms with E-state index in [0.717, 1.165) is 16.5 Å². The van der Waals surface area contributed by atoms with Crippen LogP contribution in [0.25, 0.3) is 10.9 Å². The van der Waals surface area contributed by atoms with Crippen LogP contribution in [0.15, 0.2) is 85.1 Å². The van der Waals surface area contributed by atoms with Gasteiger partial charge in [-0.3, -0.25) is 25.4 Å². The lowest BCUT2D eigenvalue weighted by Gasteiger charge is -2.11. The van der Waals surface area contributed by atoms with Gasteiger partial charge in [-0.25, -0.2) is 0 Å². The molecule has 3 aromatic carbocycles. The molecule has 35 heavy (non-hydrogen) atoms. The summed E-state index contributed by atoms with van der Waals surface area (Å²) in [6.07, 6.45) is 1.80. The smallest absolute Gasteiger partial charge is 0.269 e. The molecule has 0 spiro atoms. The molecule has 4 rings (SSSR count). The molecule has 4 aromatic rings. The lowest BCUT2D eigenvalue weighted by atomic mass is 10.1. The van der Waals surface area contributed by atoms with Crippen LogP contribution in [0.5, 0.6) is 17.2 Å². The van der Waals surface area contributed by atoms with Crippen molar-refractivity contribution < 1.29 is 23.8 Å². The van der Waals surface area contributed by atoms with Crippen LogP contribution in [-0.2, 0) is 11.4 Å². The molecule has 8 nitrogen and oxygen atoms in total. The van der Waals surface area contributed by atoms with Gasteiger partial charge in [0.15, 0.2) is 11.5 Å². The van der Waals surface area contributed by atoms with E-state index in [1.54, 1.807) is 49.7 Å². The standard InChI is InChI=1S/C27H25N3O5/c1-33-22-8-2-3-9-23(22)34-17-15-25(31)29-30-27(32)21-13-11-19(12-14-21)18-35-24-10-4-6-20-7-5-16-28-26(20)24/h2-14,16H,15,17-18H2,1H3,(H,29,31)(H,30,32). The van der Waals surface area contributed by atoms with E-state index >= 15 is 0 Å². The first kappa shape index (κ1) is 23.6. The number of para-hydroxylation sites is 3. The number of nitrogens with one attached hydrogen (secondary N) is 2. The van der Waals surface area contributed by atoms with Gasteiger partial charge in [0.1, 0.15) is 17.9 Å². The van der Waals surface area contributed by atoms with Crippen LogP contribution in [-0.4, -0.2) is 30.5 Å². The molecule has 2 amide bonds. The van der Waals surface area contributed by atoms with Crippen molar-refractivity contribution in [1.29, 1.82) is 0 Å². The number of fused-ring (bicyclic) bond motifs is 1. The number of methoxy groups -OCH3 is 1. The predicted octanol–water partition coefficient (Wildman–Crippen LogP) is 4.05. The molecule has 0 aliphatic carbocycles. The maximum Gasteiger partial charge on any atom is 0.269 e. The first-order chi connectivity index (χ1) is 17.1. The van der Waals surface area contributed by atoms with E-state index in [9.17, 15) is 9.59 Å². The second-order valence-corrected chi connectivity index (χ2v) is 7.57. The first-order valence-corrected chi connectivity index (χ1v) is 11.0. The van der Waals surface area contributed by atoms with Gasteiger partial charge in [0.2, 0.25) is 5.91 Å². The molecule has 1 aromatic heterocycles. The van der Waals surface area contributed by atoms with Crippen LogP contribution in [0.1, 0.15) is 22.3 Å². The van der Waals surface area contributed by atoms with Crippen LogP contribution >= 0.6 is 0 Å². The second kappa shape index (κ2) is 11.5. The number of carbonyl (C=O) groups excluding carboxylic acids is 2. The van der Waals surface area contributed by atoms with Crippen LogP contribution in [0.3, 0.4) is 0 Å². The highest BCUT2D eigenvalue weighted by Gasteiger charge is 2.09. The van der Waals surface area contributed by atoms with Crippen molar-refractivity contribution in [2.45, 2.75) is 13.0 Å². The fourth-order valence-corrected chi connectivity index (χ4v) is 3.36. The summed E-state index contributed by atoms with van der Waals surface area (Å²) in [4.78, 5) is 28.8. The van der Waals surface area contributed by atoms with Crippen molar-refractivity contribution in [3.8, 4) is 17.2 Å². The Morgan fingerprint density at radius 2 is 1.54 bits per heavy atom. The van der Waals surface area contributed by atoms with Crippen molar-refractivity contribution in [1.82, 2.24) is 15.8 Å². The van der Waals surface area contributed by atoms with E-state index in [2.05, 4.69) is 15.8 Å². The molecule has 0 saturated heterocycles. The Morgan fingerprint density at radius 1 is 0.800 bits per heavy atom. The summed E-state index contributed by atoms with van der Waals surface area (Å²) in [6, 6.07) is 23.8. The molecule has 0 aliphatic rings. The fraction of sp³-hybridized carbons (Fsp3) is 0.148. The minimum Gasteiger partial charge on any atom is -0.493 e. The van der Waals surface area contributed by atoms with Gasteiger partial charge in [-0.1, -0.05) is 42.5 Å². The molecular weight excluding hydrogens is 446 g/mol. The molecule has 0 saturated carbocycles. The highest BCUT2D eigenvalue weighted by Crippen LogP contribution is 2.26. The summed E-state index contributed by atoms with van der Waals surface area (Å²) in [6.45, 7) is 0.476. The lowest BCUT2D eigenvalue weighted by molar-refractivity contribution is -0.122. The summed E-state index contributed by atoms with van der Waals surface area (Å²) < 4.78 is 16.7. The van der Waals surface area contributed by atoms with Crippen molar-refractivity contribution in [2.75, 3.05) is 13.7 Å². The van der Waals surface area contributed by atoms with Gasteiger partial charge >= 0.3 is 0 Å². The van der Waals surface area contributed by atoms with Crippen molar-refractivity contribution in [3.63, 3.8) is 0 Å². The van der Waals surface area contributed by atoms with E-state index in [1.807, 2.05) is 42.5 Å². The Kier molecular flexibility index (Phi) is 7.75. The van der Waals surface area contributed by atoms with Gasteiger partial charge in [-0.05, 0) is 42.0 Å². The highest BCUT2D eigenvalue weighted by atomic mass is 16.5. The zero-order valence-electron chi connectivity index (χ0n) is 19.2. The summed E-state index contributed by atoms with van der Waals surface area (Å²) >= 11 is 0. The lowest BCUT2D eigenvalue weighted by Crippen LogP contribution is -2.42. The van der Waals surface area contributed by atoms with Gasteiger partial charge in [0.05, 0.1) is 20.1 Å². The Morgan fingerprint density at radius 3 is 2.34 bits per heavy atom. The van der Waals surface area contributed by atoms with Gasteiger partial charge < -0.3 is 14.2 Å². The third kappa shape index (κ3) is 6.26. The van der Waals surface area contributed by atoms with Crippen molar-refractivity contribution in [3.05, 3.63) is 96.2 Å². The maximum atomic E-state index is 12.4. The first-order valence-electron chi connectivity index (χ1n) is 11.0. The van der Waals surface area contributed by atoms with Crippen LogP contribution in [0.4, 0.5) is 0 Å². The van der Waals surface area contributed by atoms with E-state index in [0.29, 0.717) is 29.4 Å². The minimum atomic E-state index is -0.422. The van der Waals surface area contributed by atoms with Gasteiger partial charge in [0, 0.05) is 17.1 Å². The zero-order valence-corrected chi connectivity index (χ0v) is 19.2. The van der Waals surface area contributed by atoms with E-state index in [4.69, 9.17) is 14.2 Å². The predicted molar refractivity (Wildman–Crippen MR) is 131 cm³/mol. The quantitative estimate of drug-likeness (QED) is 0.357. The number of rotatable bonds is 9. The van der Waals surface area contributed by atoms with Crippen LogP contribution < -0.4 is 25.1 Å². The summed E-state index contributed by atoms with van der Waals surface area (Å²) in [5, 5.41) is 1.01. The molecule has 178 valence electrons. The highest BCUT2D eigenvalue weighted by molar-refractivity contribution is 5.95. The monoisotopic (exact) mass is 471 g/mol. The third-order valence-corrected chi connectivity index (χ3v) is 5.18. The van der Waals surface area contributed by atoms with E-state index < -0.39 is 5.91 Å². The fourth-order valence-electron chi connectivity index (χ4n) is 3.36. The number of hydrazine groups is 1. The van der Waals surface area contributed by atoms with Crippen molar-refractivity contribution >= 4 is 22.7 Å². The Labute approximate surface area is 202 Å². The minimum absolute atomic E-state index is 0.0671. The molecule has 2 N–H and O–H groups in total. The van der Waals surface area contributed by atoms with Gasteiger partial charge in [-0.2, -0.15) is 0 Å². The number of aromatic nitrogens is 1. The Hall–Kier alpha value is -4.59. The van der Waals surface area contributed by atoms with Gasteiger partial charge in [0.25, 0.3) is 5.91 Å². The summed E-state index contributed by atoms with van der Waals surface area (Å²) in [5.74, 6) is 1.04. The molecular formula is C27H25N3O5. The number of amides is 2. The van der Waals surface area contributed by atoms with Crippen LogP contribution in [0.2, 0.25) is 0 Å². The number of benzene rings is 3. The number of hydrogen-bond donors (Lipinski definition) is 2. The number of hydrogen-bond acceptors (Lipinski definition) is 6. The normalized spacial score (nSPS) is 10.4. The number of nitrogens with zero attached hydrogens (tertiary/aromatic N) is 1. The third-order valence-electron chi connectivity index (χ3n) is 5.18. The maximum absolute atomic E-state index is 12.4. The molecule has 1 heterocycles. The molecule has 0 fully saturated rings.